The molecule has 158 valence electrons. The van der Waals surface area contributed by atoms with Crippen LogP contribution in [-0.2, 0) is 4.74 Å². The van der Waals surface area contributed by atoms with Crippen LogP contribution in [0.2, 0.25) is 0 Å². The molecule has 2 aliphatic heterocycles. The molecule has 2 saturated heterocycles. The van der Waals surface area contributed by atoms with Crippen LogP contribution in [0.15, 0.2) is 72.8 Å². The molecule has 31 heavy (non-hydrogen) atoms. The molecule has 2 fully saturated rings. The van der Waals surface area contributed by atoms with Crippen LogP contribution in [0.5, 0.6) is 0 Å². The molecule has 0 atom stereocenters. The average molecular weight is 412 g/mol. The Balaban J connectivity index is 1.82. The van der Waals surface area contributed by atoms with Gasteiger partial charge < -0.3 is 9.64 Å². The summed E-state index contributed by atoms with van der Waals surface area (Å²) < 4.78 is 8.26. The van der Waals surface area contributed by atoms with Crippen LogP contribution in [0.4, 0.5) is 5.69 Å². The fraction of sp³-hybridized carbons (Fsp3) is 0.321. The van der Waals surface area contributed by atoms with E-state index in [4.69, 9.17) is 4.74 Å². The maximum Gasteiger partial charge on any atom is 0.217 e. The lowest BCUT2D eigenvalue weighted by molar-refractivity contribution is -0.548. The lowest BCUT2D eigenvalue weighted by atomic mass is 9.89. The van der Waals surface area contributed by atoms with Gasteiger partial charge in [-0.05, 0) is 54.7 Å². The number of rotatable bonds is 4. The van der Waals surface area contributed by atoms with Crippen LogP contribution in [0.3, 0.4) is 0 Å². The van der Waals surface area contributed by atoms with Crippen molar-refractivity contribution in [3.05, 3.63) is 89.5 Å². The van der Waals surface area contributed by atoms with Gasteiger partial charge in [0.2, 0.25) is 5.71 Å². The summed E-state index contributed by atoms with van der Waals surface area (Å²) in [5.74, 6) is 0. The summed E-state index contributed by atoms with van der Waals surface area (Å²) in [6.45, 7) is 7.90. The van der Waals surface area contributed by atoms with Gasteiger partial charge >= 0.3 is 0 Å². The number of anilines is 1. The third kappa shape index (κ3) is 4.15. The minimum atomic E-state index is 0.780. The third-order valence-corrected chi connectivity index (χ3v) is 6.40. The van der Waals surface area contributed by atoms with E-state index in [2.05, 4.69) is 89.2 Å². The summed E-state index contributed by atoms with van der Waals surface area (Å²) >= 11 is 0. The van der Waals surface area contributed by atoms with Crippen molar-refractivity contribution in [3.8, 4) is 11.1 Å². The second-order valence-electron chi connectivity index (χ2n) is 8.58. The van der Waals surface area contributed by atoms with Gasteiger partial charge in [-0.2, -0.15) is 0 Å². The topological polar surface area (TPSA) is 15.5 Å². The summed E-state index contributed by atoms with van der Waals surface area (Å²) in [6.07, 6.45) is 2.54. The van der Waals surface area contributed by atoms with E-state index in [1.807, 2.05) is 0 Å². The standard InChI is InChI=1S/C28H31N2O/c1-22-20-25(23-10-4-2-5-11-23)27(26(21-22)29-14-8-9-15-29)28(24-12-6-3-7-13-24)30-16-18-31-19-17-30/h2-7,10-13,20-21H,8-9,14-19H2,1H3/q+1. The second kappa shape index (κ2) is 9.07. The minimum Gasteiger partial charge on any atom is -0.371 e. The molecule has 0 aliphatic carbocycles. The van der Waals surface area contributed by atoms with Gasteiger partial charge in [-0.25, -0.2) is 4.58 Å². The Morgan fingerprint density at radius 2 is 1.48 bits per heavy atom. The van der Waals surface area contributed by atoms with Gasteiger partial charge in [0, 0.05) is 18.7 Å². The smallest absolute Gasteiger partial charge is 0.217 e. The fourth-order valence-corrected chi connectivity index (χ4v) is 4.94. The fourth-order valence-electron chi connectivity index (χ4n) is 4.94. The van der Waals surface area contributed by atoms with Gasteiger partial charge in [-0.15, -0.1) is 0 Å². The highest BCUT2D eigenvalue weighted by atomic mass is 16.5. The van der Waals surface area contributed by atoms with E-state index < -0.39 is 0 Å². The van der Waals surface area contributed by atoms with E-state index in [0.717, 1.165) is 39.4 Å². The van der Waals surface area contributed by atoms with Crippen molar-refractivity contribution in [2.45, 2.75) is 19.8 Å². The van der Waals surface area contributed by atoms with Crippen molar-refractivity contribution in [1.82, 2.24) is 0 Å². The number of hydrogen-bond acceptors (Lipinski definition) is 2. The average Bonchev–Trinajstić information content (AvgIpc) is 3.37. The van der Waals surface area contributed by atoms with E-state index in [9.17, 15) is 0 Å². The van der Waals surface area contributed by atoms with E-state index in [-0.39, 0.29) is 0 Å². The largest absolute Gasteiger partial charge is 0.371 e. The van der Waals surface area contributed by atoms with Crippen LogP contribution < -0.4 is 4.90 Å². The molecule has 2 heterocycles. The Hall–Kier alpha value is -2.91. The van der Waals surface area contributed by atoms with Crippen LogP contribution >= 0.6 is 0 Å². The zero-order chi connectivity index (χ0) is 21.0. The predicted molar refractivity (Wildman–Crippen MR) is 129 cm³/mol. The molecule has 2 aliphatic rings. The molecule has 3 aromatic rings. The van der Waals surface area contributed by atoms with Gasteiger partial charge in [-0.1, -0.05) is 54.6 Å². The molecule has 0 unspecified atom stereocenters. The van der Waals surface area contributed by atoms with Gasteiger partial charge in [0.05, 0.1) is 11.3 Å². The first-order valence-corrected chi connectivity index (χ1v) is 11.5. The van der Waals surface area contributed by atoms with Crippen molar-refractivity contribution in [1.29, 1.82) is 0 Å². The Labute approximate surface area is 185 Å². The highest BCUT2D eigenvalue weighted by Crippen LogP contribution is 2.36. The lowest BCUT2D eigenvalue weighted by Gasteiger charge is -2.26. The lowest BCUT2D eigenvalue weighted by Crippen LogP contribution is -2.35. The predicted octanol–water partition coefficient (Wildman–Crippen LogP) is 5.14. The Morgan fingerprint density at radius 3 is 2.16 bits per heavy atom. The minimum absolute atomic E-state index is 0.780. The van der Waals surface area contributed by atoms with Gasteiger partial charge in [0.15, 0.2) is 13.1 Å². The summed E-state index contributed by atoms with van der Waals surface area (Å²) in [4.78, 5) is 2.60. The summed E-state index contributed by atoms with van der Waals surface area (Å²) in [5.41, 5.74) is 9.29. The van der Waals surface area contributed by atoms with E-state index >= 15 is 0 Å². The highest BCUT2D eigenvalue weighted by Gasteiger charge is 2.30. The summed E-state index contributed by atoms with van der Waals surface area (Å²) in [7, 11) is 0. The van der Waals surface area contributed by atoms with Crippen LogP contribution in [0.1, 0.15) is 29.5 Å². The molecule has 5 rings (SSSR count). The molecule has 0 saturated carbocycles. The molecule has 3 heteroatoms. The highest BCUT2D eigenvalue weighted by molar-refractivity contribution is 6.17. The number of hydrogen-bond donors (Lipinski definition) is 0. The van der Waals surface area contributed by atoms with Crippen LogP contribution in [0.25, 0.3) is 11.1 Å². The third-order valence-electron chi connectivity index (χ3n) is 6.40. The SMILES string of the molecule is Cc1cc(-c2ccccc2)c(C(c2ccccc2)=[N+]2CCOCC2)c(N2CCCC2)c1. The first-order valence-electron chi connectivity index (χ1n) is 11.5. The quantitative estimate of drug-likeness (QED) is 0.552. The van der Waals surface area contributed by atoms with Crippen molar-refractivity contribution in [2.75, 3.05) is 44.3 Å². The summed E-state index contributed by atoms with van der Waals surface area (Å²) in [6, 6.07) is 26.6. The summed E-state index contributed by atoms with van der Waals surface area (Å²) in [5, 5.41) is 0. The number of benzene rings is 3. The van der Waals surface area contributed by atoms with Crippen molar-refractivity contribution in [2.24, 2.45) is 0 Å². The molecule has 0 aromatic heterocycles. The van der Waals surface area contributed by atoms with Crippen LogP contribution in [-0.4, -0.2) is 49.7 Å². The monoisotopic (exact) mass is 411 g/mol. The molecule has 0 N–H and O–H groups in total. The molecular formula is C28H31N2O+. The molecule has 0 spiro atoms. The van der Waals surface area contributed by atoms with E-state index in [1.165, 1.54) is 52.1 Å². The number of aryl methyl sites for hydroxylation is 1. The normalized spacial score (nSPS) is 16.5. The first kappa shape index (κ1) is 20.0. The molecule has 0 radical (unpaired) electrons. The van der Waals surface area contributed by atoms with Crippen LogP contribution in [0, 0.1) is 6.92 Å². The van der Waals surface area contributed by atoms with E-state index in [1.54, 1.807) is 0 Å². The zero-order valence-electron chi connectivity index (χ0n) is 18.4. The van der Waals surface area contributed by atoms with Gasteiger partial charge in [0.1, 0.15) is 13.2 Å². The molecule has 3 aromatic carbocycles. The molecule has 0 bridgehead atoms. The second-order valence-corrected chi connectivity index (χ2v) is 8.58. The Morgan fingerprint density at radius 1 is 0.839 bits per heavy atom. The van der Waals surface area contributed by atoms with E-state index in [0.29, 0.717) is 0 Å². The first-order chi connectivity index (χ1) is 15.3. The van der Waals surface area contributed by atoms with Gasteiger partial charge in [0.25, 0.3) is 0 Å². The Kier molecular flexibility index (Phi) is 5.86. The Bertz CT molecular complexity index is 1060. The maximum atomic E-state index is 5.72. The molecule has 0 amide bonds. The molecular weight excluding hydrogens is 380 g/mol. The van der Waals surface area contributed by atoms with Crippen molar-refractivity contribution >= 4 is 11.4 Å². The van der Waals surface area contributed by atoms with Crippen molar-refractivity contribution in [3.63, 3.8) is 0 Å². The number of morpholine rings is 1. The number of ether oxygens (including phenoxy) is 1. The molecule has 3 nitrogen and oxygen atoms in total. The maximum absolute atomic E-state index is 5.72. The van der Waals surface area contributed by atoms with Gasteiger partial charge in [-0.3, -0.25) is 0 Å². The number of nitrogens with zero attached hydrogens (tertiary/aromatic N) is 2. The zero-order valence-corrected chi connectivity index (χ0v) is 18.4. The van der Waals surface area contributed by atoms with Crippen molar-refractivity contribution < 1.29 is 9.31 Å².